The van der Waals surface area contributed by atoms with Crippen molar-refractivity contribution in [3.05, 3.63) is 162 Å². The minimum atomic E-state index is -0.134. The Hall–Kier alpha value is -6.06. The minimum Gasteiger partial charge on any atom is -0.456 e. The summed E-state index contributed by atoms with van der Waals surface area (Å²) >= 11 is 0. The predicted molar refractivity (Wildman–Crippen MR) is 236 cm³/mol. The zero-order valence-electron chi connectivity index (χ0n) is 33.5. The highest BCUT2D eigenvalue weighted by atomic mass is 16.3. The van der Waals surface area contributed by atoms with Crippen LogP contribution >= 0.6 is 0 Å². The molecule has 0 spiro atoms. The van der Waals surface area contributed by atoms with E-state index in [0.717, 1.165) is 66.7 Å². The number of hydrogen-bond acceptors (Lipinski definition) is 3. The lowest BCUT2D eigenvalue weighted by Crippen LogP contribution is -2.17. The molecule has 0 N–H and O–H groups in total. The van der Waals surface area contributed by atoms with Crippen molar-refractivity contribution in [3.63, 3.8) is 0 Å². The fraction of sp³-hybridized carbons (Fsp3) is 0.208. The van der Waals surface area contributed by atoms with E-state index in [9.17, 15) is 0 Å². The maximum absolute atomic E-state index is 6.71. The molecule has 3 nitrogen and oxygen atoms in total. The van der Waals surface area contributed by atoms with Crippen LogP contribution in [0.2, 0.25) is 0 Å². The maximum Gasteiger partial charge on any atom is 0.136 e. The molecule has 0 fully saturated rings. The molecule has 3 heteroatoms. The Morgan fingerprint density at radius 1 is 0.446 bits per heavy atom. The highest BCUT2D eigenvalue weighted by molar-refractivity contribution is 6.13. The summed E-state index contributed by atoms with van der Waals surface area (Å²) in [6.45, 7) is 18.5. The van der Waals surface area contributed by atoms with E-state index in [1.54, 1.807) is 0 Å². The number of nitrogens with zero attached hydrogens (tertiary/aromatic N) is 1. The van der Waals surface area contributed by atoms with Crippen molar-refractivity contribution in [3.8, 4) is 22.3 Å². The van der Waals surface area contributed by atoms with Crippen molar-refractivity contribution >= 4 is 60.9 Å². The summed E-state index contributed by atoms with van der Waals surface area (Å²) in [7, 11) is 0. The van der Waals surface area contributed by atoms with Crippen LogP contribution in [-0.4, -0.2) is 0 Å². The van der Waals surface area contributed by atoms with Gasteiger partial charge in [0.1, 0.15) is 22.3 Å². The molecule has 1 aliphatic rings. The van der Waals surface area contributed by atoms with Gasteiger partial charge in [0.25, 0.3) is 0 Å². The van der Waals surface area contributed by atoms with Crippen molar-refractivity contribution in [1.82, 2.24) is 0 Å². The zero-order chi connectivity index (χ0) is 38.7. The van der Waals surface area contributed by atoms with Crippen LogP contribution in [0.3, 0.4) is 0 Å². The molecule has 9 aromatic rings. The van der Waals surface area contributed by atoms with Gasteiger partial charge in [-0.05, 0) is 116 Å². The number of benzene rings is 7. The molecule has 276 valence electrons. The first-order chi connectivity index (χ1) is 26.8. The minimum absolute atomic E-state index is 0.00573. The van der Waals surface area contributed by atoms with Crippen molar-refractivity contribution < 1.29 is 8.83 Å². The van der Waals surface area contributed by atoms with E-state index in [2.05, 4.69) is 194 Å². The Kier molecular flexibility index (Phi) is 7.36. The van der Waals surface area contributed by atoms with Crippen molar-refractivity contribution in [2.45, 2.75) is 71.6 Å². The number of hydrogen-bond donors (Lipinski definition) is 0. The van der Waals surface area contributed by atoms with Gasteiger partial charge in [0.15, 0.2) is 0 Å². The van der Waals surface area contributed by atoms with Crippen LogP contribution in [0.5, 0.6) is 0 Å². The molecule has 0 aliphatic heterocycles. The Balaban J connectivity index is 1.21. The molecule has 1 aliphatic carbocycles. The lowest BCUT2D eigenvalue weighted by Gasteiger charge is -2.29. The van der Waals surface area contributed by atoms with E-state index >= 15 is 0 Å². The molecule has 56 heavy (non-hydrogen) atoms. The van der Waals surface area contributed by atoms with Gasteiger partial charge < -0.3 is 13.7 Å². The molecule has 0 saturated heterocycles. The monoisotopic (exact) mass is 729 g/mol. The van der Waals surface area contributed by atoms with E-state index in [0.29, 0.717) is 0 Å². The first-order valence-electron chi connectivity index (χ1n) is 19.8. The predicted octanol–water partition coefficient (Wildman–Crippen LogP) is 15.5. The largest absolute Gasteiger partial charge is 0.456 e. The quantitative estimate of drug-likeness (QED) is 0.181. The normalized spacial score (nSPS) is 13.9. The third-order valence-corrected chi connectivity index (χ3v) is 12.1. The molecule has 7 aromatic carbocycles. The summed E-state index contributed by atoms with van der Waals surface area (Å²) < 4.78 is 13.0. The average Bonchev–Trinajstić information content (AvgIpc) is 3.81. The van der Waals surface area contributed by atoms with Crippen LogP contribution in [0.15, 0.2) is 148 Å². The Morgan fingerprint density at radius 3 is 1.91 bits per heavy atom. The molecule has 0 atom stereocenters. The summed E-state index contributed by atoms with van der Waals surface area (Å²) in [5.41, 5.74) is 16.9. The van der Waals surface area contributed by atoms with E-state index in [1.165, 1.54) is 38.8 Å². The fourth-order valence-electron chi connectivity index (χ4n) is 9.16. The van der Waals surface area contributed by atoms with E-state index in [-0.39, 0.29) is 16.2 Å². The van der Waals surface area contributed by atoms with Crippen molar-refractivity contribution in [1.29, 1.82) is 0 Å². The molecule has 0 saturated carbocycles. The molecule has 2 aromatic heterocycles. The van der Waals surface area contributed by atoms with Crippen LogP contribution in [-0.2, 0) is 16.2 Å². The van der Waals surface area contributed by atoms with E-state index in [1.807, 2.05) is 6.07 Å². The topological polar surface area (TPSA) is 29.5 Å². The SMILES string of the molecule is CC(C)(C)c1cc(C(C)(C)C)c2c(c1)oc1ccc(N(c3cccc(-c4cccc5oc6ccccc6c45)c3)c3ccc4c(c3)C(C)(C)c3ccccc3-4)cc12. The van der Waals surface area contributed by atoms with Gasteiger partial charge in [-0.3, -0.25) is 0 Å². The first-order valence-corrected chi connectivity index (χ1v) is 19.8. The second-order valence-electron chi connectivity index (χ2n) is 18.2. The van der Waals surface area contributed by atoms with Crippen LogP contribution < -0.4 is 4.90 Å². The van der Waals surface area contributed by atoms with E-state index < -0.39 is 0 Å². The second kappa shape index (κ2) is 12.0. The van der Waals surface area contributed by atoms with Crippen LogP contribution in [0.25, 0.3) is 66.1 Å². The number of fused-ring (bicyclic) bond motifs is 9. The Bertz CT molecular complexity index is 3030. The summed E-state index contributed by atoms with van der Waals surface area (Å²) in [6.07, 6.45) is 0. The van der Waals surface area contributed by atoms with Crippen LogP contribution in [0.4, 0.5) is 17.1 Å². The second-order valence-corrected chi connectivity index (χ2v) is 18.2. The lowest BCUT2D eigenvalue weighted by molar-refractivity contribution is 0.569. The summed E-state index contributed by atoms with van der Waals surface area (Å²) in [6, 6.07) is 51.0. The van der Waals surface area contributed by atoms with Gasteiger partial charge in [-0.25, -0.2) is 0 Å². The van der Waals surface area contributed by atoms with Gasteiger partial charge >= 0.3 is 0 Å². The molecule has 10 rings (SSSR count). The third kappa shape index (κ3) is 5.24. The van der Waals surface area contributed by atoms with Gasteiger partial charge in [-0.1, -0.05) is 134 Å². The van der Waals surface area contributed by atoms with Gasteiger partial charge in [0.2, 0.25) is 0 Å². The first kappa shape index (κ1) is 34.4. The van der Waals surface area contributed by atoms with Crippen LogP contribution in [0.1, 0.15) is 77.6 Å². The lowest BCUT2D eigenvalue weighted by atomic mass is 9.79. The van der Waals surface area contributed by atoms with Crippen molar-refractivity contribution in [2.24, 2.45) is 0 Å². The number of rotatable bonds is 4. The summed E-state index contributed by atoms with van der Waals surface area (Å²) in [5, 5.41) is 4.59. The standard InChI is InChI=1S/C53H47NO2/c1-51(2,3)33-28-44(52(4,5)6)50-41-30-35(24-26-46(41)56-48(50)29-33)54(36-23-25-39-38-17-9-11-20-42(38)53(7,8)43(39)31-36)34-16-13-15-32(27-34)37-19-14-22-47-49(37)40-18-10-12-21-45(40)55-47/h9-31H,1-8H3. The van der Waals surface area contributed by atoms with E-state index in [4.69, 9.17) is 8.83 Å². The fourth-order valence-corrected chi connectivity index (χ4v) is 9.16. The van der Waals surface area contributed by atoms with Crippen LogP contribution in [0, 0.1) is 0 Å². The Labute approximate surface area is 329 Å². The molecular formula is C53H47NO2. The maximum atomic E-state index is 6.71. The number of anilines is 3. The zero-order valence-corrected chi connectivity index (χ0v) is 33.5. The molecule has 0 unspecified atom stereocenters. The molecular weight excluding hydrogens is 683 g/mol. The molecule has 0 radical (unpaired) electrons. The van der Waals surface area contributed by atoms with Gasteiger partial charge in [0.05, 0.1) is 0 Å². The van der Waals surface area contributed by atoms with Crippen molar-refractivity contribution in [2.75, 3.05) is 4.90 Å². The number of para-hydroxylation sites is 1. The highest BCUT2D eigenvalue weighted by Crippen LogP contribution is 2.51. The third-order valence-electron chi connectivity index (χ3n) is 12.1. The highest BCUT2D eigenvalue weighted by Gasteiger charge is 2.36. The molecule has 0 amide bonds. The molecule has 2 heterocycles. The Morgan fingerprint density at radius 2 is 1.09 bits per heavy atom. The summed E-state index contributed by atoms with van der Waals surface area (Å²) in [5.74, 6) is 0. The summed E-state index contributed by atoms with van der Waals surface area (Å²) in [4.78, 5) is 2.43. The number of furan rings is 2. The molecule has 0 bridgehead atoms. The van der Waals surface area contributed by atoms with Gasteiger partial charge in [0, 0.05) is 44.0 Å². The smallest absolute Gasteiger partial charge is 0.136 e. The van der Waals surface area contributed by atoms with Gasteiger partial charge in [-0.2, -0.15) is 0 Å². The average molecular weight is 730 g/mol. The van der Waals surface area contributed by atoms with Gasteiger partial charge in [-0.15, -0.1) is 0 Å².